The fraction of sp³-hybridized carbons (Fsp3) is 0.333. The highest BCUT2D eigenvalue weighted by Gasteiger charge is 2.08. The van der Waals surface area contributed by atoms with E-state index in [9.17, 15) is 0 Å². The van der Waals surface area contributed by atoms with E-state index in [-0.39, 0.29) is 0 Å². The molecule has 0 radical (unpaired) electrons. The minimum absolute atomic E-state index is 0.401. The molecule has 0 saturated heterocycles. The zero-order valence-electron chi connectivity index (χ0n) is 10.9. The van der Waals surface area contributed by atoms with Crippen LogP contribution in [-0.2, 0) is 6.54 Å². The molecule has 18 heavy (non-hydrogen) atoms. The molecule has 2 rings (SSSR count). The average molecular weight is 245 g/mol. The fourth-order valence-corrected chi connectivity index (χ4v) is 1.95. The summed E-state index contributed by atoms with van der Waals surface area (Å²) in [7, 11) is 1.65. The van der Waals surface area contributed by atoms with Gasteiger partial charge in [-0.25, -0.2) is 0 Å². The van der Waals surface area contributed by atoms with Crippen molar-refractivity contribution in [3.8, 4) is 5.75 Å². The number of methoxy groups -OCH3 is 1. The first-order valence-corrected chi connectivity index (χ1v) is 6.14. The van der Waals surface area contributed by atoms with Gasteiger partial charge in [0, 0.05) is 11.4 Å². The van der Waals surface area contributed by atoms with Crippen LogP contribution in [0.1, 0.15) is 19.1 Å². The topological polar surface area (TPSA) is 34.4 Å². The molecule has 96 valence electrons. The third-order valence-corrected chi connectivity index (χ3v) is 2.92. The van der Waals surface area contributed by atoms with Crippen LogP contribution in [0.4, 0.5) is 0 Å². The lowest BCUT2D eigenvalue weighted by molar-refractivity contribution is 0.404. The SMILES string of the molecule is C=CCC(C)NCc1cc2cccc(OC)c2o1. The summed E-state index contributed by atoms with van der Waals surface area (Å²) in [5.41, 5.74) is 0.813. The Balaban J connectivity index is 2.12. The minimum atomic E-state index is 0.401. The van der Waals surface area contributed by atoms with Crippen molar-refractivity contribution in [1.82, 2.24) is 5.32 Å². The number of hydrogen-bond donors (Lipinski definition) is 1. The summed E-state index contributed by atoms with van der Waals surface area (Å²) in [6, 6.07) is 8.35. The van der Waals surface area contributed by atoms with E-state index >= 15 is 0 Å². The Morgan fingerprint density at radius 1 is 1.50 bits per heavy atom. The molecule has 0 aliphatic rings. The van der Waals surface area contributed by atoms with E-state index in [0.29, 0.717) is 12.6 Å². The first kappa shape index (κ1) is 12.7. The summed E-state index contributed by atoms with van der Waals surface area (Å²) in [5.74, 6) is 1.70. The van der Waals surface area contributed by atoms with Crippen molar-refractivity contribution in [2.75, 3.05) is 7.11 Å². The first-order valence-electron chi connectivity index (χ1n) is 6.14. The summed E-state index contributed by atoms with van der Waals surface area (Å²) >= 11 is 0. The first-order chi connectivity index (χ1) is 8.74. The molecular formula is C15H19NO2. The van der Waals surface area contributed by atoms with E-state index in [1.807, 2.05) is 30.3 Å². The highest BCUT2D eigenvalue weighted by molar-refractivity contribution is 5.83. The van der Waals surface area contributed by atoms with Crippen molar-refractivity contribution < 1.29 is 9.15 Å². The summed E-state index contributed by atoms with van der Waals surface area (Å²) < 4.78 is 11.1. The van der Waals surface area contributed by atoms with Crippen molar-refractivity contribution in [3.63, 3.8) is 0 Å². The Morgan fingerprint density at radius 3 is 3.06 bits per heavy atom. The second kappa shape index (κ2) is 5.74. The van der Waals surface area contributed by atoms with Gasteiger partial charge in [0.15, 0.2) is 11.3 Å². The summed E-state index contributed by atoms with van der Waals surface area (Å²) in [4.78, 5) is 0. The number of ether oxygens (including phenoxy) is 1. The molecule has 3 nitrogen and oxygen atoms in total. The molecule has 0 bridgehead atoms. The number of hydrogen-bond acceptors (Lipinski definition) is 3. The fourth-order valence-electron chi connectivity index (χ4n) is 1.95. The number of nitrogens with one attached hydrogen (secondary N) is 1. The monoisotopic (exact) mass is 245 g/mol. The summed E-state index contributed by atoms with van der Waals surface area (Å²) in [6.45, 7) is 6.58. The molecular weight excluding hydrogens is 226 g/mol. The van der Waals surface area contributed by atoms with E-state index in [1.165, 1.54) is 0 Å². The van der Waals surface area contributed by atoms with Crippen LogP contribution in [0.2, 0.25) is 0 Å². The third kappa shape index (κ3) is 2.74. The van der Waals surface area contributed by atoms with E-state index in [2.05, 4.69) is 18.8 Å². The maximum absolute atomic E-state index is 5.81. The second-order valence-electron chi connectivity index (χ2n) is 4.40. The molecule has 1 heterocycles. The van der Waals surface area contributed by atoms with Gasteiger partial charge in [-0.2, -0.15) is 0 Å². The number of furan rings is 1. The second-order valence-corrected chi connectivity index (χ2v) is 4.40. The highest BCUT2D eigenvalue weighted by Crippen LogP contribution is 2.28. The Kier molecular flexibility index (Phi) is 4.05. The van der Waals surface area contributed by atoms with Crippen LogP contribution < -0.4 is 10.1 Å². The van der Waals surface area contributed by atoms with Crippen LogP contribution in [0.5, 0.6) is 5.75 Å². The van der Waals surface area contributed by atoms with E-state index < -0.39 is 0 Å². The number of para-hydroxylation sites is 1. The van der Waals surface area contributed by atoms with Gasteiger partial charge >= 0.3 is 0 Å². The van der Waals surface area contributed by atoms with Crippen molar-refractivity contribution in [1.29, 1.82) is 0 Å². The lowest BCUT2D eigenvalue weighted by Crippen LogP contribution is -2.24. The molecule has 0 fully saturated rings. The number of fused-ring (bicyclic) bond motifs is 1. The Labute approximate surface area is 107 Å². The molecule has 0 amide bonds. The quantitative estimate of drug-likeness (QED) is 0.791. The van der Waals surface area contributed by atoms with Crippen molar-refractivity contribution in [3.05, 3.63) is 42.7 Å². The third-order valence-electron chi connectivity index (χ3n) is 2.92. The Bertz CT molecular complexity index is 530. The van der Waals surface area contributed by atoms with Crippen LogP contribution in [0.25, 0.3) is 11.0 Å². The Morgan fingerprint density at radius 2 is 2.33 bits per heavy atom. The largest absolute Gasteiger partial charge is 0.493 e. The zero-order valence-corrected chi connectivity index (χ0v) is 10.9. The van der Waals surface area contributed by atoms with E-state index in [1.54, 1.807) is 7.11 Å². The summed E-state index contributed by atoms with van der Waals surface area (Å²) in [6.07, 6.45) is 2.86. The predicted octanol–water partition coefficient (Wildman–Crippen LogP) is 3.50. The van der Waals surface area contributed by atoms with Gasteiger partial charge in [0.1, 0.15) is 5.76 Å². The predicted molar refractivity (Wildman–Crippen MR) is 73.9 cm³/mol. The molecule has 3 heteroatoms. The lowest BCUT2D eigenvalue weighted by atomic mass is 10.2. The minimum Gasteiger partial charge on any atom is -0.493 e. The van der Waals surface area contributed by atoms with Crippen molar-refractivity contribution in [2.24, 2.45) is 0 Å². The van der Waals surface area contributed by atoms with Crippen LogP contribution in [0.15, 0.2) is 41.3 Å². The highest BCUT2D eigenvalue weighted by atomic mass is 16.5. The van der Waals surface area contributed by atoms with E-state index in [0.717, 1.165) is 28.9 Å². The molecule has 1 atom stereocenters. The van der Waals surface area contributed by atoms with Gasteiger partial charge < -0.3 is 14.5 Å². The lowest BCUT2D eigenvalue weighted by Gasteiger charge is -2.09. The molecule has 2 aromatic rings. The molecule has 0 saturated carbocycles. The smallest absolute Gasteiger partial charge is 0.176 e. The van der Waals surface area contributed by atoms with Crippen LogP contribution in [0, 0.1) is 0 Å². The van der Waals surface area contributed by atoms with Crippen LogP contribution in [0.3, 0.4) is 0 Å². The number of benzene rings is 1. The Hall–Kier alpha value is -1.74. The van der Waals surface area contributed by atoms with Gasteiger partial charge in [-0.1, -0.05) is 18.2 Å². The molecule has 1 unspecified atom stereocenters. The molecule has 1 aromatic carbocycles. The normalized spacial score (nSPS) is 12.6. The molecule has 1 aromatic heterocycles. The average Bonchev–Trinajstić information content (AvgIpc) is 2.79. The molecule has 0 aliphatic carbocycles. The van der Waals surface area contributed by atoms with Crippen LogP contribution >= 0.6 is 0 Å². The van der Waals surface area contributed by atoms with Gasteiger partial charge in [0.25, 0.3) is 0 Å². The summed E-state index contributed by atoms with van der Waals surface area (Å²) in [5, 5.41) is 4.46. The molecule has 0 aliphatic heterocycles. The zero-order chi connectivity index (χ0) is 13.0. The van der Waals surface area contributed by atoms with E-state index in [4.69, 9.17) is 9.15 Å². The standard InChI is InChI=1S/C15H19NO2/c1-4-6-11(2)16-10-13-9-12-7-5-8-14(17-3)15(12)18-13/h4-5,7-9,11,16H,1,6,10H2,2-3H3. The van der Waals surface area contributed by atoms with Gasteiger partial charge in [0.05, 0.1) is 13.7 Å². The van der Waals surface area contributed by atoms with Gasteiger partial charge in [-0.15, -0.1) is 6.58 Å². The maximum Gasteiger partial charge on any atom is 0.176 e. The maximum atomic E-state index is 5.81. The number of rotatable bonds is 6. The van der Waals surface area contributed by atoms with Gasteiger partial charge in [-0.05, 0) is 25.5 Å². The van der Waals surface area contributed by atoms with Crippen molar-refractivity contribution in [2.45, 2.75) is 25.9 Å². The van der Waals surface area contributed by atoms with Gasteiger partial charge in [0.2, 0.25) is 0 Å². The van der Waals surface area contributed by atoms with Crippen molar-refractivity contribution >= 4 is 11.0 Å². The van der Waals surface area contributed by atoms with Crippen LogP contribution in [-0.4, -0.2) is 13.2 Å². The van der Waals surface area contributed by atoms with Gasteiger partial charge in [-0.3, -0.25) is 0 Å². The molecule has 0 spiro atoms. The molecule has 1 N–H and O–H groups in total.